The number of fused-ring (bicyclic) bond motifs is 3. The van der Waals surface area contributed by atoms with Crippen LogP contribution in [0.1, 0.15) is 69.5 Å². The smallest absolute Gasteiger partial charge is 0.122 e. The zero-order valence-corrected chi connectivity index (χ0v) is 33.1. The fraction of sp³-hybridized carbons (Fsp3) is 0.280. The highest BCUT2D eigenvalue weighted by Crippen LogP contribution is 2.56. The zero-order chi connectivity index (χ0) is 39.2. The van der Waals surface area contributed by atoms with Crippen molar-refractivity contribution in [2.45, 2.75) is 64.6 Å². The molecule has 2 fully saturated rings. The predicted octanol–water partition coefficient (Wildman–Crippen LogP) is 10.3. The van der Waals surface area contributed by atoms with Crippen LogP contribution in [0.3, 0.4) is 0 Å². The number of phenols is 2. The van der Waals surface area contributed by atoms with E-state index in [2.05, 4.69) is 125 Å². The van der Waals surface area contributed by atoms with Gasteiger partial charge in [0.05, 0.1) is 18.6 Å². The molecule has 2 heterocycles. The molecule has 2 saturated heterocycles. The minimum absolute atomic E-state index is 0.105. The van der Waals surface area contributed by atoms with Gasteiger partial charge in [0.1, 0.15) is 48.4 Å². The number of ether oxygens (including phenoxy) is 4. The Morgan fingerprint density at radius 3 is 1.34 bits per heavy atom. The third-order valence-electron chi connectivity index (χ3n) is 11.7. The van der Waals surface area contributed by atoms with Crippen molar-refractivity contribution in [1.29, 1.82) is 0 Å². The molecule has 6 heteroatoms. The summed E-state index contributed by atoms with van der Waals surface area (Å²) in [7, 11) is 0. The topological polar surface area (TPSA) is 84.0 Å². The van der Waals surface area contributed by atoms with E-state index in [0.29, 0.717) is 24.7 Å². The highest BCUT2D eigenvalue weighted by atomic mass is 16.6. The monoisotopic (exact) mass is 746 g/mol. The highest BCUT2D eigenvalue weighted by molar-refractivity contribution is 5.86. The molecule has 0 aromatic heterocycles. The van der Waals surface area contributed by atoms with Crippen LogP contribution in [0.2, 0.25) is 0 Å². The number of aryl methyl sites for hydroxylation is 4. The van der Waals surface area contributed by atoms with Gasteiger partial charge in [-0.3, -0.25) is 0 Å². The van der Waals surface area contributed by atoms with Crippen molar-refractivity contribution in [2.75, 3.05) is 26.4 Å². The molecule has 6 aromatic carbocycles. The Bertz CT molecular complexity index is 2240. The number of phenolic OH excluding ortho intramolecular Hbond substituents is 2. The van der Waals surface area contributed by atoms with Gasteiger partial charge in [-0.05, 0) is 119 Å². The maximum atomic E-state index is 10.2. The molecule has 2 N–H and O–H groups in total. The quantitative estimate of drug-likeness (QED) is 0.136. The minimum atomic E-state index is -0.510. The van der Waals surface area contributed by atoms with Gasteiger partial charge in [-0.2, -0.15) is 0 Å². The van der Waals surface area contributed by atoms with Crippen molar-refractivity contribution in [2.24, 2.45) is 0 Å². The molecular formula is C50H50O6. The summed E-state index contributed by atoms with van der Waals surface area (Å²) in [5, 5.41) is 20.4. The van der Waals surface area contributed by atoms with Crippen LogP contribution < -0.4 is 9.47 Å². The van der Waals surface area contributed by atoms with Gasteiger partial charge in [0.2, 0.25) is 0 Å². The lowest BCUT2D eigenvalue weighted by Gasteiger charge is -2.34. The second-order valence-corrected chi connectivity index (χ2v) is 16.0. The maximum Gasteiger partial charge on any atom is 0.122 e. The fourth-order valence-corrected chi connectivity index (χ4v) is 8.06. The van der Waals surface area contributed by atoms with Crippen LogP contribution in [0, 0.1) is 27.7 Å². The van der Waals surface area contributed by atoms with Crippen molar-refractivity contribution in [3.8, 4) is 34.1 Å². The number of benzene rings is 6. The average Bonchev–Trinajstić information content (AvgIpc) is 4.15. The molecule has 9 rings (SSSR count). The zero-order valence-electron chi connectivity index (χ0n) is 33.1. The molecular weight excluding hydrogens is 697 g/mol. The summed E-state index contributed by atoms with van der Waals surface area (Å²) in [6.07, 6.45) is 0.548. The molecule has 6 nitrogen and oxygen atoms in total. The first-order chi connectivity index (χ1) is 27.0. The molecule has 286 valence electrons. The van der Waals surface area contributed by atoms with Crippen molar-refractivity contribution < 1.29 is 29.2 Å². The summed E-state index contributed by atoms with van der Waals surface area (Å²) in [6, 6.07) is 41.8. The van der Waals surface area contributed by atoms with E-state index in [9.17, 15) is 10.2 Å². The summed E-state index contributed by atoms with van der Waals surface area (Å²) in [4.78, 5) is 0. The molecule has 0 amide bonds. The Labute approximate surface area is 330 Å². The van der Waals surface area contributed by atoms with Gasteiger partial charge >= 0.3 is 0 Å². The van der Waals surface area contributed by atoms with Gasteiger partial charge in [-0.1, -0.05) is 111 Å². The summed E-state index contributed by atoms with van der Waals surface area (Å²) in [6.45, 7) is 15.5. The molecule has 3 aliphatic rings. The molecule has 0 spiro atoms. The van der Waals surface area contributed by atoms with Crippen molar-refractivity contribution in [3.63, 3.8) is 0 Å². The van der Waals surface area contributed by atoms with Gasteiger partial charge in [0, 0.05) is 5.41 Å². The van der Waals surface area contributed by atoms with Crippen LogP contribution in [-0.4, -0.2) is 48.8 Å². The van der Waals surface area contributed by atoms with Crippen LogP contribution in [0.4, 0.5) is 0 Å². The van der Waals surface area contributed by atoms with E-state index in [1.54, 1.807) is 12.1 Å². The van der Waals surface area contributed by atoms with Crippen LogP contribution >= 0.6 is 0 Å². The Morgan fingerprint density at radius 1 is 0.554 bits per heavy atom. The Kier molecular flexibility index (Phi) is 9.90. The molecule has 2 aliphatic heterocycles. The highest BCUT2D eigenvalue weighted by Gasteiger charge is 2.46. The van der Waals surface area contributed by atoms with Gasteiger partial charge in [-0.15, -0.1) is 0 Å². The third-order valence-corrected chi connectivity index (χ3v) is 11.7. The molecule has 0 radical (unpaired) electrons. The normalized spacial score (nSPS) is 17.2. The van der Waals surface area contributed by atoms with Crippen LogP contribution in [-0.2, 0) is 20.3 Å². The van der Waals surface area contributed by atoms with Gasteiger partial charge in [-0.25, -0.2) is 0 Å². The van der Waals surface area contributed by atoms with Gasteiger partial charge < -0.3 is 29.2 Å². The largest absolute Gasteiger partial charge is 0.508 e. The lowest BCUT2D eigenvalue weighted by molar-refractivity contribution is 0.261. The Balaban J connectivity index is 0.000000158. The lowest BCUT2D eigenvalue weighted by atomic mass is 9.67. The number of hydrogen-bond acceptors (Lipinski definition) is 6. The van der Waals surface area contributed by atoms with E-state index in [1.165, 1.54) is 33.4 Å². The van der Waals surface area contributed by atoms with Crippen LogP contribution in [0.15, 0.2) is 121 Å². The van der Waals surface area contributed by atoms with E-state index in [-0.39, 0.29) is 17.6 Å². The van der Waals surface area contributed by atoms with Crippen LogP contribution in [0.5, 0.6) is 23.0 Å². The van der Waals surface area contributed by atoms with E-state index in [0.717, 1.165) is 58.1 Å². The summed E-state index contributed by atoms with van der Waals surface area (Å²) in [5.41, 5.74) is 13.0. The SMILES string of the molecule is Cc1cc(C(C)(C)c2ccc(OCC3CO3)c(C)c2)ccc1OCC1CO1.Cc1cc(C2(c3ccc(O)c(C)c3)c3ccccc3-c3ccccc32)ccc1O. The lowest BCUT2D eigenvalue weighted by Crippen LogP contribution is -2.28. The number of aromatic hydroxyl groups is 2. The maximum absolute atomic E-state index is 10.2. The summed E-state index contributed by atoms with van der Waals surface area (Å²) < 4.78 is 22.2. The number of hydrogen-bond donors (Lipinski definition) is 2. The molecule has 0 saturated carbocycles. The van der Waals surface area contributed by atoms with Gasteiger partial charge in [0.25, 0.3) is 0 Å². The Morgan fingerprint density at radius 2 is 0.964 bits per heavy atom. The van der Waals surface area contributed by atoms with E-state index >= 15 is 0 Å². The summed E-state index contributed by atoms with van der Waals surface area (Å²) in [5.74, 6) is 2.47. The second-order valence-electron chi connectivity index (χ2n) is 16.0. The fourth-order valence-electron chi connectivity index (χ4n) is 8.06. The predicted molar refractivity (Wildman–Crippen MR) is 222 cm³/mol. The molecule has 1 aliphatic carbocycles. The number of epoxide rings is 2. The van der Waals surface area contributed by atoms with Gasteiger partial charge in [0.15, 0.2) is 0 Å². The number of rotatable bonds is 10. The first-order valence-corrected chi connectivity index (χ1v) is 19.5. The second kappa shape index (κ2) is 14.8. The van der Waals surface area contributed by atoms with Crippen molar-refractivity contribution in [1.82, 2.24) is 0 Å². The van der Waals surface area contributed by atoms with E-state index in [4.69, 9.17) is 18.9 Å². The standard InChI is InChI=1S/C27H22O2.C23H28O4/c1-17-15-19(11-13-25(17)28)27(20-12-14-26(29)18(2)16-20)23-9-5-3-7-21(23)22-8-4-6-10-24(22)27;1-15-9-17(5-7-21(15)26-13-19-11-24-19)23(3,4)18-6-8-22(16(2)10-18)27-14-20-12-25-20/h3-16,28-29H,1-2H3;5-10,19-20H,11-14H2,1-4H3. The van der Waals surface area contributed by atoms with Crippen molar-refractivity contribution in [3.05, 3.63) is 177 Å². The average molecular weight is 747 g/mol. The molecule has 2 unspecified atom stereocenters. The molecule has 56 heavy (non-hydrogen) atoms. The van der Waals surface area contributed by atoms with Crippen molar-refractivity contribution >= 4 is 0 Å². The molecule has 0 bridgehead atoms. The van der Waals surface area contributed by atoms with E-state index < -0.39 is 5.41 Å². The van der Waals surface area contributed by atoms with E-state index in [1.807, 2.05) is 26.0 Å². The Hall–Kier alpha value is -5.56. The third kappa shape index (κ3) is 7.04. The molecule has 2 atom stereocenters. The first kappa shape index (κ1) is 37.4. The minimum Gasteiger partial charge on any atom is -0.508 e. The molecule has 6 aromatic rings. The summed E-state index contributed by atoms with van der Waals surface area (Å²) >= 11 is 0. The first-order valence-electron chi connectivity index (χ1n) is 19.5. The van der Waals surface area contributed by atoms with Crippen LogP contribution in [0.25, 0.3) is 11.1 Å².